The van der Waals surface area contributed by atoms with Crippen LogP contribution >= 0.6 is 0 Å². The Bertz CT molecular complexity index is 216. The Kier molecular flexibility index (Phi) is 8.58. The Labute approximate surface area is 97.7 Å². The second-order valence-corrected chi connectivity index (χ2v) is 3.94. The lowest BCUT2D eigenvalue weighted by molar-refractivity contribution is -0.147. The minimum Gasteiger partial charge on any atom is -0.463 e. The van der Waals surface area contributed by atoms with Gasteiger partial charge in [0.1, 0.15) is 6.10 Å². The van der Waals surface area contributed by atoms with Crippen molar-refractivity contribution in [3.63, 3.8) is 0 Å². The van der Waals surface area contributed by atoms with E-state index in [1.165, 1.54) is 6.92 Å². The summed E-state index contributed by atoms with van der Waals surface area (Å²) in [6.45, 7) is 3.54. The van der Waals surface area contributed by atoms with E-state index < -0.39 is 0 Å². The van der Waals surface area contributed by atoms with E-state index in [0.717, 1.165) is 25.7 Å². The summed E-state index contributed by atoms with van der Waals surface area (Å²) in [7, 11) is 1.61. The first-order valence-corrected chi connectivity index (χ1v) is 5.98. The van der Waals surface area contributed by atoms with Crippen molar-refractivity contribution in [2.45, 2.75) is 58.5 Å². The summed E-state index contributed by atoms with van der Waals surface area (Å²) in [5.74, 6) is -0.272. The molecule has 0 aliphatic rings. The van der Waals surface area contributed by atoms with Crippen molar-refractivity contribution in [1.29, 1.82) is 0 Å². The van der Waals surface area contributed by atoms with E-state index in [0.29, 0.717) is 12.8 Å². The molecule has 4 nitrogen and oxygen atoms in total. The van der Waals surface area contributed by atoms with E-state index in [4.69, 9.17) is 4.74 Å². The van der Waals surface area contributed by atoms with Crippen molar-refractivity contribution in [1.82, 2.24) is 5.32 Å². The largest absolute Gasteiger partial charge is 0.463 e. The van der Waals surface area contributed by atoms with Gasteiger partial charge in [0.2, 0.25) is 5.91 Å². The van der Waals surface area contributed by atoms with Crippen LogP contribution in [0.2, 0.25) is 0 Å². The maximum absolute atomic E-state index is 11.1. The van der Waals surface area contributed by atoms with Gasteiger partial charge in [-0.2, -0.15) is 0 Å². The van der Waals surface area contributed by atoms with Crippen LogP contribution in [0.5, 0.6) is 0 Å². The Morgan fingerprint density at radius 3 is 2.44 bits per heavy atom. The molecule has 16 heavy (non-hydrogen) atoms. The topological polar surface area (TPSA) is 55.4 Å². The molecule has 1 atom stereocenters. The van der Waals surface area contributed by atoms with Gasteiger partial charge in [0, 0.05) is 20.4 Å². The van der Waals surface area contributed by atoms with Gasteiger partial charge in [0.25, 0.3) is 0 Å². The van der Waals surface area contributed by atoms with E-state index in [1.807, 2.05) is 0 Å². The zero-order valence-electron chi connectivity index (χ0n) is 10.5. The van der Waals surface area contributed by atoms with Crippen molar-refractivity contribution in [3.8, 4) is 0 Å². The number of rotatable bonds is 8. The molecule has 0 saturated carbocycles. The van der Waals surface area contributed by atoms with Gasteiger partial charge in [-0.05, 0) is 19.3 Å². The monoisotopic (exact) mass is 229 g/mol. The average molecular weight is 229 g/mol. The summed E-state index contributed by atoms with van der Waals surface area (Å²) in [6, 6.07) is 0. The van der Waals surface area contributed by atoms with Crippen molar-refractivity contribution >= 4 is 11.9 Å². The van der Waals surface area contributed by atoms with Crippen molar-refractivity contribution in [2.24, 2.45) is 0 Å². The molecule has 1 N–H and O–H groups in total. The molecule has 0 aromatic carbocycles. The van der Waals surface area contributed by atoms with Crippen LogP contribution in [-0.2, 0) is 14.3 Å². The maximum Gasteiger partial charge on any atom is 0.302 e. The van der Waals surface area contributed by atoms with Crippen LogP contribution in [0, 0.1) is 0 Å². The molecule has 0 aromatic heterocycles. The molecule has 0 aromatic rings. The highest BCUT2D eigenvalue weighted by Crippen LogP contribution is 2.12. The molecule has 0 rings (SSSR count). The van der Waals surface area contributed by atoms with Gasteiger partial charge in [-0.25, -0.2) is 0 Å². The Morgan fingerprint density at radius 1 is 1.25 bits per heavy atom. The number of carbonyl (C=O) groups is 2. The number of carbonyl (C=O) groups excluding carboxylic acids is 2. The normalized spacial score (nSPS) is 11.9. The Morgan fingerprint density at radius 2 is 1.94 bits per heavy atom. The van der Waals surface area contributed by atoms with Crippen molar-refractivity contribution in [3.05, 3.63) is 0 Å². The van der Waals surface area contributed by atoms with E-state index in [-0.39, 0.29) is 18.0 Å². The first-order valence-electron chi connectivity index (χ1n) is 5.98. The molecule has 0 aliphatic heterocycles. The minimum absolute atomic E-state index is 0.00681. The van der Waals surface area contributed by atoms with Gasteiger partial charge < -0.3 is 10.1 Å². The van der Waals surface area contributed by atoms with Crippen LogP contribution in [0.3, 0.4) is 0 Å². The number of nitrogens with one attached hydrogen (secondary N) is 1. The highest BCUT2D eigenvalue weighted by molar-refractivity contribution is 5.75. The standard InChI is InChI=1S/C12H23NO3/c1-4-5-6-7-11(16-10(2)14)8-9-12(15)13-3/h11H,4-9H2,1-3H3,(H,13,15). The fraction of sp³-hybridized carbons (Fsp3) is 0.833. The molecule has 0 fully saturated rings. The zero-order chi connectivity index (χ0) is 12.4. The van der Waals surface area contributed by atoms with E-state index in [2.05, 4.69) is 12.2 Å². The quantitative estimate of drug-likeness (QED) is 0.512. The molecule has 4 heteroatoms. The lowest BCUT2D eigenvalue weighted by Gasteiger charge is -2.16. The predicted octanol–water partition coefficient (Wildman–Crippen LogP) is 2.02. The summed E-state index contributed by atoms with van der Waals surface area (Å²) in [5, 5.41) is 2.56. The number of esters is 1. The molecule has 0 aliphatic carbocycles. The van der Waals surface area contributed by atoms with Gasteiger partial charge >= 0.3 is 5.97 Å². The Hall–Kier alpha value is -1.06. The van der Waals surface area contributed by atoms with Crippen LogP contribution in [0.4, 0.5) is 0 Å². The first kappa shape index (κ1) is 14.9. The van der Waals surface area contributed by atoms with Gasteiger partial charge in [0.05, 0.1) is 0 Å². The van der Waals surface area contributed by atoms with E-state index in [9.17, 15) is 9.59 Å². The summed E-state index contributed by atoms with van der Waals surface area (Å²) in [6.07, 6.45) is 5.09. The first-order chi connectivity index (χ1) is 7.60. The van der Waals surface area contributed by atoms with Gasteiger partial charge in [-0.1, -0.05) is 19.8 Å². The van der Waals surface area contributed by atoms with Gasteiger partial charge in [-0.15, -0.1) is 0 Å². The molecule has 0 saturated heterocycles. The maximum atomic E-state index is 11.1. The fourth-order valence-corrected chi connectivity index (χ4v) is 1.54. The van der Waals surface area contributed by atoms with Gasteiger partial charge in [-0.3, -0.25) is 9.59 Å². The molecule has 0 bridgehead atoms. The molecule has 0 radical (unpaired) electrons. The van der Waals surface area contributed by atoms with Crippen LogP contribution < -0.4 is 5.32 Å². The Balaban J connectivity index is 3.89. The van der Waals surface area contributed by atoms with Crippen LogP contribution in [0.15, 0.2) is 0 Å². The SMILES string of the molecule is CCCCCC(CCC(=O)NC)OC(C)=O. The number of ether oxygens (including phenoxy) is 1. The van der Waals surface area contributed by atoms with Crippen LogP contribution in [0.25, 0.3) is 0 Å². The average Bonchev–Trinajstić information content (AvgIpc) is 2.24. The molecular weight excluding hydrogens is 206 g/mol. The summed E-state index contributed by atoms with van der Waals surface area (Å²) >= 11 is 0. The van der Waals surface area contributed by atoms with Gasteiger partial charge in [0.15, 0.2) is 0 Å². The smallest absolute Gasteiger partial charge is 0.302 e. The highest BCUT2D eigenvalue weighted by Gasteiger charge is 2.13. The van der Waals surface area contributed by atoms with Crippen molar-refractivity contribution < 1.29 is 14.3 Å². The molecule has 1 unspecified atom stereocenters. The molecule has 1 amide bonds. The molecule has 0 heterocycles. The summed E-state index contributed by atoms with van der Waals surface area (Å²) in [5.41, 5.74) is 0. The number of amides is 1. The molecule has 0 spiro atoms. The third kappa shape index (κ3) is 8.26. The molecular formula is C12H23NO3. The number of hydrogen-bond acceptors (Lipinski definition) is 3. The van der Waals surface area contributed by atoms with Crippen molar-refractivity contribution in [2.75, 3.05) is 7.05 Å². The lowest BCUT2D eigenvalue weighted by Crippen LogP contribution is -2.22. The van der Waals surface area contributed by atoms with E-state index in [1.54, 1.807) is 7.05 Å². The summed E-state index contributed by atoms with van der Waals surface area (Å²) in [4.78, 5) is 22.0. The van der Waals surface area contributed by atoms with E-state index >= 15 is 0 Å². The molecule has 94 valence electrons. The second-order valence-electron chi connectivity index (χ2n) is 3.94. The third-order valence-corrected chi connectivity index (χ3v) is 2.43. The minimum atomic E-state index is -0.265. The van der Waals surface area contributed by atoms with Crippen LogP contribution in [-0.4, -0.2) is 25.0 Å². The lowest BCUT2D eigenvalue weighted by atomic mass is 10.1. The zero-order valence-corrected chi connectivity index (χ0v) is 10.5. The van der Waals surface area contributed by atoms with Crippen LogP contribution in [0.1, 0.15) is 52.4 Å². The number of unbranched alkanes of at least 4 members (excludes halogenated alkanes) is 2. The third-order valence-electron chi connectivity index (χ3n) is 2.43. The second kappa shape index (κ2) is 9.19. The number of hydrogen-bond donors (Lipinski definition) is 1. The predicted molar refractivity (Wildman–Crippen MR) is 63.0 cm³/mol. The fourth-order valence-electron chi connectivity index (χ4n) is 1.54. The summed E-state index contributed by atoms with van der Waals surface area (Å²) < 4.78 is 5.17. The highest BCUT2D eigenvalue weighted by atomic mass is 16.5.